The standard InChI is InChI=1S/C14H21NO3/c1-17-12-6-11(7-13(8-12)18-2)9-14(16)4-3-5-15-10-14/h6-8,15-16H,3-5,9-10H2,1-2H3. The minimum atomic E-state index is -0.657. The smallest absolute Gasteiger partial charge is 0.122 e. The number of nitrogens with one attached hydrogen (secondary N) is 1. The normalized spacial score (nSPS) is 23.7. The number of rotatable bonds is 4. The van der Waals surface area contributed by atoms with E-state index in [9.17, 15) is 5.11 Å². The Labute approximate surface area is 108 Å². The first-order valence-corrected chi connectivity index (χ1v) is 6.30. The molecule has 1 aromatic rings. The van der Waals surface area contributed by atoms with Crippen molar-refractivity contribution >= 4 is 0 Å². The summed E-state index contributed by atoms with van der Waals surface area (Å²) in [5.74, 6) is 1.52. The average molecular weight is 251 g/mol. The fourth-order valence-corrected chi connectivity index (χ4v) is 2.45. The van der Waals surface area contributed by atoms with E-state index in [2.05, 4.69) is 5.32 Å². The molecule has 0 radical (unpaired) electrons. The number of methoxy groups -OCH3 is 2. The molecule has 0 aromatic heterocycles. The quantitative estimate of drug-likeness (QED) is 0.848. The second-order valence-corrected chi connectivity index (χ2v) is 4.90. The second-order valence-electron chi connectivity index (χ2n) is 4.90. The molecular formula is C14H21NO3. The average Bonchev–Trinajstić information content (AvgIpc) is 2.38. The van der Waals surface area contributed by atoms with Crippen molar-refractivity contribution in [3.63, 3.8) is 0 Å². The molecule has 18 heavy (non-hydrogen) atoms. The third-order valence-corrected chi connectivity index (χ3v) is 3.39. The molecule has 0 amide bonds. The first-order valence-electron chi connectivity index (χ1n) is 6.30. The van der Waals surface area contributed by atoms with Gasteiger partial charge >= 0.3 is 0 Å². The van der Waals surface area contributed by atoms with Crippen LogP contribution in [0.15, 0.2) is 18.2 Å². The highest BCUT2D eigenvalue weighted by molar-refractivity contribution is 5.39. The zero-order chi connectivity index (χ0) is 13.0. The fraction of sp³-hybridized carbons (Fsp3) is 0.571. The maximum atomic E-state index is 10.5. The van der Waals surface area contributed by atoms with E-state index in [1.807, 2.05) is 18.2 Å². The lowest BCUT2D eigenvalue weighted by atomic mass is 9.87. The highest BCUT2D eigenvalue weighted by Crippen LogP contribution is 2.27. The molecule has 1 aromatic carbocycles. The lowest BCUT2D eigenvalue weighted by Gasteiger charge is -2.32. The number of hydrogen-bond donors (Lipinski definition) is 2. The Morgan fingerprint density at radius 1 is 1.22 bits per heavy atom. The zero-order valence-corrected chi connectivity index (χ0v) is 11.0. The number of piperidine rings is 1. The molecule has 4 nitrogen and oxygen atoms in total. The van der Waals surface area contributed by atoms with Gasteiger partial charge in [0.25, 0.3) is 0 Å². The molecule has 1 unspecified atom stereocenters. The van der Waals surface area contributed by atoms with E-state index in [-0.39, 0.29) is 0 Å². The van der Waals surface area contributed by atoms with Gasteiger partial charge in [0.15, 0.2) is 0 Å². The monoisotopic (exact) mass is 251 g/mol. The van der Waals surface area contributed by atoms with Crippen LogP contribution in [0.25, 0.3) is 0 Å². The lowest BCUT2D eigenvalue weighted by Crippen LogP contribution is -2.47. The van der Waals surface area contributed by atoms with Crippen molar-refractivity contribution in [1.29, 1.82) is 0 Å². The molecule has 1 fully saturated rings. The molecule has 0 saturated carbocycles. The van der Waals surface area contributed by atoms with Crippen LogP contribution in [0.2, 0.25) is 0 Å². The Balaban J connectivity index is 2.16. The van der Waals surface area contributed by atoms with Crippen LogP contribution in [0.3, 0.4) is 0 Å². The molecule has 4 heteroatoms. The summed E-state index contributed by atoms with van der Waals surface area (Å²) in [5, 5.41) is 13.7. The molecule has 0 bridgehead atoms. The van der Waals surface area contributed by atoms with E-state index in [1.54, 1.807) is 14.2 Å². The van der Waals surface area contributed by atoms with Gasteiger partial charge in [0.05, 0.1) is 19.8 Å². The van der Waals surface area contributed by atoms with Gasteiger partial charge in [0.2, 0.25) is 0 Å². The summed E-state index contributed by atoms with van der Waals surface area (Å²) in [6.07, 6.45) is 2.46. The second kappa shape index (κ2) is 5.59. The summed E-state index contributed by atoms with van der Waals surface area (Å²) >= 11 is 0. The highest BCUT2D eigenvalue weighted by atomic mass is 16.5. The van der Waals surface area contributed by atoms with Crippen molar-refractivity contribution in [3.05, 3.63) is 23.8 Å². The minimum Gasteiger partial charge on any atom is -0.497 e. The molecule has 1 aliphatic heterocycles. The van der Waals surface area contributed by atoms with Gasteiger partial charge < -0.3 is 19.9 Å². The molecule has 0 aliphatic carbocycles. The molecule has 1 aliphatic rings. The number of ether oxygens (including phenoxy) is 2. The van der Waals surface area contributed by atoms with Crippen molar-refractivity contribution in [2.24, 2.45) is 0 Å². The van der Waals surface area contributed by atoms with Crippen LogP contribution in [0.1, 0.15) is 18.4 Å². The zero-order valence-electron chi connectivity index (χ0n) is 11.0. The minimum absolute atomic E-state index is 0.619. The molecule has 2 rings (SSSR count). The molecule has 0 spiro atoms. The van der Waals surface area contributed by atoms with Gasteiger partial charge in [-0.2, -0.15) is 0 Å². The maximum absolute atomic E-state index is 10.5. The summed E-state index contributed by atoms with van der Waals surface area (Å²) in [6, 6.07) is 5.75. The highest BCUT2D eigenvalue weighted by Gasteiger charge is 2.29. The summed E-state index contributed by atoms with van der Waals surface area (Å²) in [5.41, 5.74) is 0.382. The van der Waals surface area contributed by atoms with Crippen molar-refractivity contribution < 1.29 is 14.6 Å². The number of hydrogen-bond acceptors (Lipinski definition) is 4. The SMILES string of the molecule is COc1cc(CC2(O)CCCNC2)cc(OC)c1. The van der Waals surface area contributed by atoms with Gasteiger partial charge in [-0.3, -0.25) is 0 Å². The lowest BCUT2D eigenvalue weighted by molar-refractivity contribution is 0.0169. The maximum Gasteiger partial charge on any atom is 0.122 e. The first kappa shape index (κ1) is 13.2. The summed E-state index contributed by atoms with van der Waals surface area (Å²) in [6.45, 7) is 1.64. The number of aliphatic hydroxyl groups is 1. The molecule has 2 N–H and O–H groups in total. The predicted octanol–water partition coefficient (Wildman–Crippen LogP) is 1.36. The van der Waals surface area contributed by atoms with Crippen LogP contribution in [0.5, 0.6) is 11.5 Å². The van der Waals surface area contributed by atoms with E-state index in [1.165, 1.54) is 0 Å². The van der Waals surface area contributed by atoms with Crippen LogP contribution in [-0.2, 0) is 6.42 Å². The van der Waals surface area contributed by atoms with Crippen molar-refractivity contribution in [3.8, 4) is 11.5 Å². The van der Waals surface area contributed by atoms with Gasteiger partial charge in [0, 0.05) is 19.0 Å². The van der Waals surface area contributed by atoms with E-state index in [0.29, 0.717) is 13.0 Å². The Morgan fingerprint density at radius 3 is 2.39 bits per heavy atom. The molecule has 1 heterocycles. The summed E-state index contributed by atoms with van der Waals surface area (Å²) < 4.78 is 10.5. The molecule has 1 saturated heterocycles. The van der Waals surface area contributed by atoms with Crippen LogP contribution < -0.4 is 14.8 Å². The molecule has 1 atom stereocenters. The van der Waals surface area contributed by atoms with E-state index < -0.39 is 5.60 Å². The first-order chi connectivity index (χ1) is 8.65. The van der Waals surface area contributed by atoms with Gasteiger partial charge in [0.1, 0.15) is 11.5 Å². The van der Waals surface area contributed by atoms with E-state index in [4.69, 9.17) is 9.47 Å². The van der Waals surface area contributed by atoms with Crippen LogP contribution >= 0.6 is 0 Å². The Kier molecular flexibility index (Phi) is 4.09. The van der Waals surface area contributed by atoms with E-state index >= 15 is 0 Å². The number of benzene rings is 1. The van der Waals surface area contributed by atoms with Crippen molar-refractivity contribution in [2.75, 3.05) is 27.3 Å². The van der Waals surface area contributed by atoms with Crippen molar-refractivity contribution in [1.82, 2.24) is 5.32 Å². The molecule has 100 valence electrons. The van der Waals surface area contributed by atoms with E-state index in [0.717, 1.165) is 36.4 Å². The van der Waals surface area contributed by atoms with Crippen LogP contribution in [0.4, 0.5) is 0 Å². The Morgan fingerprint density at radius 2 is 1.89 bits per heavy atom. The largest absolute Gasteiger partial charge is 0.497 e. The van der Waals surface area contributed by atoms with Gasteiger partial charge in [-0.05, 0) is 37.1 Å². The Hall–Kier alpha value is -1.26. The third kappa shape index (κ3) is 3.15. The topological polar surface area (TPSA) is 50.7 Å². The Bertz CT molecular complexity index is 378. The predicted molar refractivity (Wildman–Crippen MR) is 70.3 cm³/mol. The third-order valence-electron chi connectivity index (χ3n) is 3.39. The fourth-order valence-electron chi connectivity index (χ4n) is 2.45. The van der Waals surface area contributed by atoms with Crippen molar-refractivity contribution in [2.45, 2.75) is 24.9 Å². The molecular weight excluding hydrogens is 230 g/mol. The van der Waals surface area contributed by atoms with Crippen LogP contribution in [-0.4, -0.2) is 38.0 Å². The summed E-state index contributed by atoms with van der Waals surface area (Å²) in [4.78, 5) is 0. The summed E-state index contributed by atoms with van der Waals surface area (Å²) in [7, 11) is 3.27. The number of β-amino-alcohol motifs (C(OH)–C–C–N with tert-alkyl or cyclic N) is 1. The van der Waals surface area contributed by atoms with Gasteiger partial charge in [-0.1, -0.05) is 0 Å². The van der Waals surface area contributed by atoms with Gasteiger partial charge in [-0.25, -0.2) is 0 Å². The van der Waals surface area contributed by atoms with Crippen LogP contribution in [0, 0.1) is 0 Å². The van der Waals surface area contributed by atoms with Gasteiger partial charge in [-0.15, -0.1) is 0 Å².